The van der Waals surface area contributed by atoms with Gasteiger partial charge in [0.1, 0.15) is 10.7 Å². The summed E-state index contributed by atoms with van der Waals surface area (Å²) in [5, 5.41) is 6.37. The van der Waals surface area contributed by atoms with Gasteiger partial charge in [0.25, 0.3) is 5.91 Å². The number of carbonyl (C=O) groups excluding carboxylic acids is 1. The van der Waals surface area contributed by atoms with E-state index in [1.807, 2.05) is 30.3 Å². The highest BCUT2D eigenvalue weighted by molar-refractivity contribution is 7.13. The second-order valence-corrected chi connectivity index (χ2v) is 5.78. The number of amides is 1. The number of ether oxygens (including phenoxy) is 2. The summed E-state index contributed by atoms with van der Waals surface area (Å²) in [7, 11) is 3.05. The molecule has 1 aromatic carbocycles. The largest absolute Gasteiger partial charge is 0.354 e. The summed E-state index contributed by atoms with van der Waals surface area (Å²) < 4.78 is 10.1. The van der Waals surface area contributed by atoms with Gasteiger partial charge in [0.2, 0.25) is 0 Å². The SMILES string of the molecule is COC(CNC(=O)c1csc(-c2cc3ccccc3[nH]2)n1)OC. The van der Waals surface area contributed by atoms with Crippen LogP contribution in [0, 0.1) is 0 Å². The van der Waals surface area contributed by atoms with E-state index < -0.39 is 6.29 Å². The maximum Gasteiger partial charge on any atom is 0.270 e. The van der Waals surface area contributed by atoms with Gasteiger partial charge in [-0.2, -0.15) is 0 Å². The third-order valence-electron chi connectivity index (χ3n) is 3.45. The minimum absolute atomic E-state index is 0.247. The first-order valence-corrected chi connectivity index (χ1v) is 7.96. The lowest BCUT2D eigenvalue weighted by molar-refractivity contribution is -0.0974. The Labute approximate surface area is 137 Å². The second kappa shape index (κ2) is 6.91. The number of nitrogens with one attached hydrogen (secondary N) is 2. The number of aromatic nitrogens is 2. The van der Waals surface area contributed by atoms with E-state index >= 15 is 0 Å². The van der Waals surface area contributed by atoms with Crippen molar-refractivity contribution >= 4 is 28.1 Å². The zero-order valence-corrected chi connectivity index (χ0v) is 13.6. The van der Waals surface area contributed by atoms with Crippen LogP contribution >= 0.6 is 11.3 Å². The van der Waals surface area contributed by atoms with Crippen LogP contribution in [0.15, 0.2) is 35.7 Å². The van der Waals surface area contributed by atoms with Gasteiger partial charge in [-0.05, 0) is 12.1 Å². The van der Waals surface area contributed by atoms with E-state index in [0.29, 0.717) is 5.69 Å². The highest BCUT2D eigenvalue weighted by Crippen LogP contribution is 2.26. The smallest absolute Gasteiger partial charge is 0.270 e. The van der Waals surface area contributed by atoms with Crippen LogP contribution in [-0.2, 0) is 9.47 Å². The third kappa shape index (κ3) is 3.42. The average Bonchev–Trinajstić information content (AvgIpc) is 3.22. The molecule has 2 aromatic heterocycles. The van der Waals surface area contributed by atoms with Crippen LogP contribution in [0.2, 0.25) is 0 Å². The molecule has 0 aliphatic carbocycles. The number of rotatable bonds is 6. The molecule has 0 aliphatic heterocycles. The van der Waals surface area contributed by atoms with Gasteiger partial charge >= 0.3 is 0 Å². The Bertz CT molecular complexity index is 775. The van der Waals surface area contributed by atoms with Crippen molar-refractivity contribution in [1.82, 2.24) is 15.3 Å². The van der Waals surface area contributed by atoms with Crippen molar-refractivity contribution in [1.29, 1.82) is 0 Å². The van der Waals surface area contributed by atoms with E-state index in [1.54, 1.807) is 5.38 Å². The van der Waals surface area contributed by atoms with E-state index in [2.05, 4.69) is 15.3 Å². The summed E-state index contributed by atoms with van der Waals surface area (Å²) >= 11 is 1.43. The minimum atomic E-state index is -0.467. The normalized spacial score (nSPS) is 11.3. The molecule has 0 spiro atoms. The molecule has 0 unspecified atom stereocenters. The highest BCUT2D eigenvalue weighted by atomic mass is 32.1. The maximum atomic E-state index is 12.1. The maximum absolute atomic E-state index is 12.1. The van der Waals surface area contributed by atoms with Crippen molar-refractivity contribution in [3.8, 4) is 10.7 Å². The van der Waals surface area contributed by atoms with Crippen LogP contribution < -0.4 is 5.32 Å². The number of para-hydroxylation sites is 1. The summed E-state index contributed by atoms with van der Waals surface area (Å²) in [6.07, 6.45) is -0.467. The fourth-order valence-electron chi connectivity index (χ4n) is 2.22. The van der Waals surface area contributed by atoms with Crippen molar-refractivity contribution in [2.45, 2.75) is 6.29 Å². The number of hydrogen-bond acceptors (Lipinski definition) is 5. The Balaban J connectivity index is 1.73. The number of nitrogens with zero attached hydrogens (tertiary/aromatic N) is 1. The van der Waals surface area contributed by atoms with Crippen LogP contribution in [0.25, 0.3) is 21.6 Å². The molecule has 0 atom stereocenters. The summed E-state index contributed by atoms with van der Waals surface area (Å²) in [6, 6.07) is 10.0. The van der Waals surface area contributed by atoms with E-state index in [9.17, 15) is 4.79 Å². The molecule has 3 rings (SSSR count). The van der Waals surface area contributed by atoms with Gasteiger partial charge in [-0.25, -0.2) is 4.98 Å². The molecule has 3 aromatic rings. The lowest BCUT2D eigenvalue weighted by Crippen LogP contribution is -2.34. The number of hydrogen-bond donors (Lipinski definition) is 2. The molecule has 0 saturated heterocycles. The Morgan fingerprint density at radius 1 is 1.35 bits per heavy atom. The zero-order valence-electron chi connectivity index (χ0n) is 12.8. The van der Waals surface area contributed by atoms with Crippen molar-refractivity contribution in [2.24, 2.45) is 0 Å². The monoisotopic (exact) mass is 331 g/mol. The summed E-state index contributed by atoms with van der Waals surface area (Å²) in [6.45, 7) is 0.269. The number of thiazole rings is 1. The lowest BCUT2D eigenvalue weighted by atomic mass is 10.2. The molecule has 7 heteroatoms. The average molecular weight is 331 g/mol. The van der Waals surface area contributed by atoms with Crippen LogP contribution in [0.4, 0.5) is 0 Å². The zero-order chi connectivity index (χ0) is 16.2. The quantitative estimate of drug-likeness (QED) is 0.681. The first-order valence-electron chi connectivity index (χ1n) is 7.08. The van der Waals surface area contributed by atoms with Gasteiger partial charge in [0.05, 0.1) is 12.2 Å². The summed E-state index contributed by atoms with van der Waals surface area (Å²) in [5.74, 6) is -0.247. The molecule has 1 amide bonds. The first kappa shape index (κ1) is 15.7. The molecule has 0 fully saturated rings. The van der Waals surface area contributed by atoms with Gasteiger partial charge in [0.15, 0.2) is 6.29 Å². The number of benzene rings is 1. The van der Waals surface area contributed by atoms with Gasteiger partial charge in [-0.3, -0.25) is 4.79 Å². The van der Waals surface area contributed by atoms with Crippen molar-refractivity contribution in [3.63, 3.8) is 0 Å². The number of carbonyl (C=O) groups is 1. The number of methoxy groups -OCH3 is 2. The van der Waals surface area contributed by atoms with E-state index in [1.165, 1.54) is 25.6 Å². The van der Waals surface area contributed by atoms with Gasteiger partial charge in [-0.15, -0.1) is 11.3 Å². The van der Waals surface area contributed by atoms with Gasteiger partial charge in [-0.1, -0.05) is 18.2 Å². The fraction of sp³-hybridized carbons (Fsp3) is 0.250. The number of aromatic amines is 1. The van der Waals surface area contributed by atoms with Crippen molar-refractivity contribution < 1.29 is 14.3 Å². The Morgan fingerprint density at radius 2 is 2.13 bits per heavy atom. The van der Waals surface area contributed by atoms with E-state index in [-0.39, 0.29) is 12.5 Å². The standard InChI is InChI=1S/C16H17N3O3S/c1-21-14(22-2)8-17-15(20)13-9-23-16(19-13)12-7-10-5-3-4-6-11(10)18-12/h3-7,9,14,18H,8H2,1-2H3,(H,17,20). The minimum Gasteiger partial charge on any atom is -0.354 e. The van der Waals surface area contributed by atoms with Crippen molar-refractivity contribution in [2.75, 3.05) is 20.8 Å². The molecule has 6 nitrogen and oxygen atoms in total. The molecule has 0 radical (unpaired) electrons. The van der Waals surface area contributed by atoms with Gasteiger partial charge in [0, 0.05) is 30.5 Å². The first-order chi connectivity index (χ1) is 11.2. The predicted molar refractivity (Wildman–Crippen MR) is 89.5 cm³/mol. The molecular formula is C16H17N3O3S. The van der Waals surface area contributed by atoms with Crippen LogP contribution in [0.5, 0.6) is 0 Å². The number of fused-ring (bicyclic) bond motifs is 1. The van der Waals surface area contributed by atoms with E-state index in [0.717, 1.165) is 21.6 Å². The predicted octanol–water partition coefficient (Wildman–Crippen LogP) is 2.64. The van der Waals surface area contributed by atoms with Crippen LogP contribution in [0.3, 0.4) is 0 Å². The fourth-order valence-corrected chi connectivity index (χ4v) is 2.99. The van der Waals surface area contributed by atoms with Crippen molar-refractivity contribution in [3.05, 3.63) is 41.4 Å². The van der Waals surface area contributed by atoms with Crippen LogP contribution in [-0.4, -0.2) is 42.9 Å². The number of H-pyrrole nitrogens is 1. The van der Waals surface area contributed by atoms with Gasteiger partial charge < -0.3 is 19.8 Å². The molecule has 120 valence electrons. The molecule has 0 saturated carbocycles. The topological polar surface area (TPSA) is 76.2 Å². The summed E-state index contributed by atoms with van der Waals surface area (Å²) in [4.78, 5) is 19.8. The Morgan fingerprint density at radius 3 is 2.87 bits per heavy atom. The Hall–Kier alpha value is -2.22. The molecular weight excluding hydrogens is 314 g/mol. The molecule has 0 bridgehead atoms. The molecule has 2 heterocycles. The van der Waals surface area contributed by atoms with E-state index in [4.69, 9.17) is 9.47 Å². The third-order valence-corrected chi connectivity index (χ3v) is 4.33. The molecule has 0 aliphatic rings. The molecule has 23 heavy (non-hydrogen) atoms. The second-order valence-electron chi connectivity index (χ2n) is 4.92. The molecule has 2 N–H and O–H groups in total. The summed E-state index contributed by atoms with van der Waals surface area (Å²) in [5.41, 5.74) is 2.34. The highest BCUT2D eigenvalue weighted by Gasteiger charge is 2.14. The lowest BCUT2D eigenvalue weighted by Gasteiger charge is -2.13. The Kier molecular flexibility index (Phi) is 4.71. The van der Waals surface area contributed by atoms with Crippen LogP contribution in [0.1, 0.15) is 10.5 Å².